The van der Waals surface area contributed by atoms with Crippen molar-refractivity contribution in [2.45, 2.75) is 39.2 Å². The number of ether oxygens (including phenoxy) is 1. The fourth-order valence-corrected chi connectivity index (χ4v) is 5.70. The maximum absolute atomic E-state index is 13.8. The summed E-state index contributed by atoms with van der Waals surface area (Å²) in [6, 6.07) is 13.7. The van der Waals surface area contributed by atoms with Crippen LogP contribution in [0, 0.1) is 19.8 Å². The molecule has 7 heteroatoms. The molecule has 2 aliphatic rings. The van der Waals surface area contributed by atoms with E-state index in [2.05, 4.69) is 19.1 Å². The van der Waals surface area contributed by atoms with E-state index in [4.69, 9.17) is 9.72 Å². The third-order valence-electron chi connectivity index (χ3n) is 6.38. The molecule has 2 unspecified atom stereocenters. The lowest BCUT2D eigenvalue weighted by molar-refractivity contribution is -0.124. The van der Waals surface area contributed by atoms with Gasteiger partial charge in [0, 0.05) is 25.3 Å². The highest BCUT2D eigenvalue weighted by molar-refractivity contribution is 7.22. The van der Waals surface area contributed by atoms with Gasteiger partial charge in [0.15, 0.2) is 5.13 Å². The maximum atomic E-state index is 13.8. The van der Waals surface area contributed by atoms with Crippen LogP contribution in [0.25, 0.3) is 10.2 Å². The zero-order valence-corrected chi connectivity index (χ0v) is 19.2. The number of amides is 2. The Morgan fingerprint density at radius 2 is 1.97 bits per heavy atom. The van der Waals surface area contributed by atoms with Crippen molar-refractivity contribution in [2.24, 2.45) is 5.92 Å². The van der Waals surface area contributed by atoms with Crippen molar-refractivity contribution in [1.82, 2.24) is 4.98 Å². The molecule has 0 N–H and O–H groups in total. The monoisotopic (exact) mass is 449 g/mol. The summed E-state index contributed by atoms with van der Waals surface area (Å²) in [5.41, 5.74) is 4.04. The Bertz CT molecular complexity index is 1110. The minimum absolute atomic E-state index is 0.00971. The van der Waals surface area contributed by atoms with Gasteiger partial charge in [-0.05, 0) is 49.9 Å². The first-order valence-corrected chi connectivity index (χ1v) is 12.0. The quantitative estimate of drug-likeness (QED) is 0.576. The van der Waals surface area contributed by atoms with Gasteiger partial charge in [0.25, 0.3) is 0 Å². The van der Waals surface area contributed by atoms with Crippen LogP contribution < -0.4 is 9.80 Å². The number of nitrogens with zero attached hydrogens (tertiary/aromatic N) is 3. The van der Waals surface area contributed by atoms with Gasteiger partial charge in [0.2, 0.25) is 11.8 Å². The molecular formula is C25H27N3O3S. The highest BCUT2D eigenvalue weighted by atomic mass is 32.1. The second kappa shape index (κ2) is 8.64. The Balaban J connectivity index is 1.46. The number of benzene rings is 2. The predicted molar refractivity (Wildman–Crippen MR) is 127 cm³/mol. The van der Waals surface area contributed by atoms with Crippen molar-refractivity contribution in [1.29, 1.82) is 0 Å². The number of hydrogen-bond acceptors (Lipinski definition) is 5. The van der Waals surface area contributed by atoms with Crippen molar-refractivity contribution in [2.75, 3.05) is 29.5 Å². The van der Waals surface area contributed by atoms with Crippen LogP contribution in [-0.2, 0) is 14.3 Å². The van der Waals surface area contributed by atoms with Gasteiger partial charge in [-0.15, -0.1) is 0 Å². The van der Waals surface area contributed by atoms with E-state index in [0.29, 0.717) is 18.2 Å². The van der Waals surface area contributed by atoms with Gasteiger partial charge in [-0.1, -0.05) is 41.7 Å². The first-order chi connectivity index (χ1) is 15.5. The minimum Gasteiger partial charge on any atom is -0.376 e. The molecule has 2 fully saturated rings. The highest BCUT2D eigenvalue weighted by Gasteiger charge is 2.39. The van der Waals surface area contributed by atoms with Gasteiger partial charge >= 0.3 is 0 Å². The molecule has 6 nitrogen and oxygen atoms in total. The molecule has 1 aromatic heterocycles. The number of para-hydroxylation sites is 1. The number of aryl methyl sites for hydroxylation is 2. The largest absolute Gasteiger partial charge is 0.376 e. The number of carbonyl (C=O) groups excluding carboxylic acids is 2. The van der Waals surface area contributed by atoms with Gasteiger partial charge < -0.3 is 9.64 Å². The van der Waals surface area contributed by atoms with Crippen molar-refractivity contribution in [3.05, 3.63) is 53.6 Å². The molecule has 2 aliphatic heterocycles. The Kier molecular flexibility index (Phi) is 5.69. The Labute approximate surface area is 191 Å². The topological polar surface area (TPSA) is 62.7 Å². The molecule has 0 spiro atoms. The van der Waals surface area contributed by atoms with E-state index < -0.39 is 5.92 Å². The van der Waals surface area contributed by atoms with Crippen molar-refractivity contribution in [3.8, 4) is 0 Å². The Morgan fingerprint density at radius 3 is 2.69 bits per heavy atom. The van der Waals surface area contributed by atoms with Gasteiger partial charge in [-0.2, -0.15) is 0 Å². The summed E-state index contributed by atoms with van der Waals surface area (Å²) < 4.78 is 6.97. The predicted octanol–water partition coefficient (Wildman–Crippen LogP) is 4.48. The van der Waals surface area contributed by atoms with Gasteiger partial charge in [0.05, 0.1) is 28.8 Å². The average molecular weight is 450 g/mol. The average Bonchev–Trinajstić information content (AvgIpc) is 3.55. The number of hydrogen-bond donors (Lipinski definition) is 0. The van der Waals surface area contributed by atoms with Crippen LogP contribution in [0.2, 0.25) is 0 Å². The number of aromatic nitrogens is 1. The van der Waals surface area contributed by atoms with E-state index in [9.17, 15) is 9.59 Å². The molecule has 0 bridgehead atoms. The van der Waals surface area contributed by atoms with Gasteiger partial charge in [-0.3, -0.25) is 14.5 Å². The summed E-state index contributed by atoms with van der Waals surface area (Å²) >= 11 is 1.55. The van der Waals surface area contributed by atoms with E-state index in [1.165, 1.54) is 0 Å². The van der Waals surface area contributed by atoms with Crippen LogP contribution in [0.4, 0.5) is 10.8 Å². The lowest BCUT2D eigenvalue weighted by Gasteiger charge is -2.25. The first kappa shape index (κ1) is 21.1. The third-order valence-corrected chi connectivity index (χ3v) is 7.59. The Hall–Kier alpha value is -2.77. The van der Waals surface area contributed by atoms with E-state index in [0.717, 1.165) is 46.5 Å². The zero-order chi connectivity index (χ0) is 22.2. The van der Waals surface area contributed by atoms with E-state index >= 15 is 0 Å². The summed E-state index contributed by atoms with van der Waals surface area (Å²) in [6.45, 7) is 5.72. The normalized spacial score (nSPS) is 20.9. The SMILES string of the molecule is Cc1ccc(C)c2sc(N(CC3CCCO3)C(=O)C3CC(=O)N(c4ccccc4)C3)nc12. The number of thiazole rings is 1. The molecule has 2 saturated heterocycles. The lowest BCUT2D eigenvalue weighted by Crippen LogP contribution is -2.42. The van der Waals surface area contributed by atoms with Crippen LogP contribution in [0.1, 0.15) is 30.4 Å². The van der Waals surface area contributed by atoms with Crippen molar-refractivity contribution < 1.29 is 14.3 Å². The standard InChI is InChI=1S/C25H27N3O3S/c1-16-10-11-17(2)23-22(16)26-25(32-23)28(15-20-9-6-12-31-20)24(30)18-13-21(29)27(14-18)19-7-4-3-5-8-19/h3-5,7-8,10-11,18,20H,6,9,12-15H2,1-2H3. The summed E-state index contributed by atoms with van der Waals surface area (Å²) in [4.78, 5) is 34.9. The summed E-state index contributed by atoms with van der Waals surface area (Å²) in [7, 11) is 0. The van der Waals surface area contributed by atoms with E-state index in [1.807, 2.05) is 37.3 Å². The molecule has 166 valence electrons. The fourth-order valence-electron chi connectivity index (χ4n) is 4.57. The zero-order valence-electron chi connectivity index (χ0n) is 18.4. The smallest absolute Gasteiger partial charge is 0.234 e. The molecule has 2 amide bonds. The van der Waals surface area contributed by atoms with Crippen LogP contribution in [-0.4, -0.2) is 42.6 Å². The fraction of sp³-hybridized carbons (Fsp3) is 0.400. The van der Waals surface area contributed by atoms with Crippen LogP contribution in [0.5, 0.6) is 0 Å². The molecule has 3 heterocycles. The summed E-state index contributed by atoms with van der Waals surface area (Å²) in [5.74, 6) is -0.442. The molecule has 3 aromatic rings. The lowest BCUT2D eigenvalue weighted by atomic mass is 10.1. The van der Waals surface area contributed by atoms with E-state index in [1.54, 1.807) is 21.1 Å². The van der Waals surface area contributed by atoms with Crippen molar-refractivity contribution in [3.63, 3.8) is 0 Å². The first-order valence-electron chi connectivity index (χ1n) is 11.2. The second-order valence-electron chi connectivity index (χ2n) is 8.70. The molecule has 2 aromatic carbocycles. The minimum atomic E-state index is -0.390. The number of rotatable bonds is 5. The molecule has 2 atom stereocenters. The van der Waals surface area contributed by atoms with Gasteiger partial charge in [-0.25, -0.2) is 4.98 Å². The number of fused-ring (bicyclic) bond motifs is 1. The molecule has 0 radical (unpaired) electrons. The summed E-state index contributed by atoms with van der Waals surface area (Å²) in [5, 5.41) is 0.698. The second-order valence-corrected chi connectivity index (χ2v) is 9.68. The van der Waals surface area contributed by atoms with Crippen LogP contribution >= 0.6 is 11.3 Å². The third kappa shape index (κ3) is 3.91. The van der Waals surface area contributed by atoms with Crippen LogP contribution in [0.3, 0.4) is 0 Å². The van der Waals surface area contributed by atoms with Gasteiger partial charge in [0.1, 0.15) is 0 Å². The van der Waals surface area contributed by atoms with Crippen molar-refractivity contribution >= 4 is 44.2 Å². The highest BCUT2D eigenvalue weighted by Crippen LogP contribution is 2.35. The summed E-state index contributed by atoms with van der Waals surface area (Å²) in [6.07, 6.45) is 2.18. The molecule has 5 rings (SSSR count). The molecule has 0 saturated carbocycles. The number of carbonyl (C=O) groups is 2. The Morgan fingerprint density at radius 1 is 1.19 bits per heavy atom. The molecular weight excluding hydrogens is 422 g/mol. The van der Waals surface area contributed by atoms with Crippen LogP contribution in [0.15, 0.2) is 42.5 Å². The molecule has 0 aliphatic carbocycles. The maximum Gasteiger partial charge on any atom is 0.234 e. The van der Waals surface area contributed by atoms with E-state index in [-0.39, 0.29) is 24.3 Å². The number of anilines is 2. The molecule has 32 heavy (non-hydrogen) atoms.